The minimum Gasteiger partial charge on any atom is -0.379 e. The van der Waals surface area contributed by atoms with Crippen LogP contribution in [0.3, 0.4) is 0 Å². The molecule has 1 aromatic carbocycles. The van der Waals surface area contributed by atoms with E-state index in [1.54, 1.807) is 24.4 Å². The van der Waals surface area contributed by atoms with Crippen LogP contribution in [-0.4, -0.2) is 58.0 Å². The first-order chi connectivity index (χ1) is 15.5. The van der Waals surface area contributed by atoms with Gasteiger partial charge in [-0.25, -0.2) is 18.4 Å². The van der Waals surface area contributed by atoms with Gasteiger partial charge < -0.3 is 9.30 Å². The van der Waals surface area contributed by atoms with Gasteiger partial charge in [-0.05, 0) is 25.1 Å². The number of fused-ring (bicyclic) bond motifs is 2. The van der Waals surface area contributed by atoms with Crippen LogP contribution in [0.4, 0.5) is 0 Å². The van der Waals surface area contributed by atoms with E-state index in [0.717, 1.165) is 10.7 Å². The standard InChI is InChI=1S/C20H21N5O4S3/c1-2-24-17-4-3-15(32(27,28)23-5-8-29-9-6-23)12-16(17)22-20(24)31-13-14-11-18(26)25-7-10-30-19(25)21-14/h3-4,7,10-12H,2,5-6,8-9,13H2,1H3. The normalized spacial score (nSPS) is 15.7. The molecule has 168 valence electrons. The average molecular weight is 492 g/mol. The number of aromatic nitrogens is 4. The van der Waals surface area contributed by atoms with Crippen molar-refractivity contribution in [2.45, 2.75) is 29.3 Å². The molecule has 0 bridgehead atoms. The maximum Gasteiger partial charge on any atom is 0.258 e. The zero-order valence-electron chi connectivity index (χ0n) is 17.3. The maximum atomic E-state index is 13.0. The molecular formula is C20H21N5O4S3. The number of aryl methyl sites for hydroxylation is 1. The van der Waals surface area contributed by atoms with Crippen molar-refractivity contribution in [1.82, 2.24) is 23.2 Å². The van der Waals surface area contributed by atoms with Crippen molar-refractivity contribution in [3.05, 3.63) is 51.9 Å². The Morgan fingerprint density at radius 1 is 1.19 bits per heavy atom. The van der Waals surface area contributed by atoms with E-state index in [1.165, 1.54) is 31.8 Å². The molecular weight excluding hydrogens is 470 g/mol. The first-order valence-corrected chi connectivity index (χ1v) is 13.4. The van der Waals surface area contributed by atoms with E-state index in [0.29, 0.717) is 54.8 Å². The lowest BCUT2D eigenvalue weighted by Crippen LogP contribution is -2.40. The fraction of sp³-hybridized carbons (Fsp3) is 0.350. The molecule has 0 N–H and O–H groups in total. The lowest BCUT2D eigenvalue weighted by atomic mass is 10.3. The zero-order valence-corrected chi connectivity index (χ0v) is 19.8. The van der Waals surface area contributed by atoms with Gasteiger partial charge in [0.1, 0.15) is 0 Å². The second-order valence-corrected chi connectivity index (χ2v) is 11.0. The van der Waals surface area contributed by atoms with E-state index in [4.69, 9.17) is 9.72 Å². The molecule has 32 heavy (non-hydrogen) atoms. The summed E-state index contributed by atoms with van der Waals surface area (Å²) >= 11 is 2.90. The van der Waals surface area contributed by atoms with Gasteiger partial charge in [0, 0.05) is 43.0 Å². The number of rotatable bonds is 6. The van der Waals surface area contributed by atoms with E-state index in [2.05, 4.69) is 4.98 Å². The van der Waals surface area contributed by atoms with Crippen LogP contribution < -0.4 is 5.56 Å². The Morgan fingerprint density at radius 2 is 2.00 bits per heavy atom. The van der Waals surface area contributed by atoms with Crippen LogP contribution in [0.1, 0.15) is 12.6 Å². The second kappa shape index (κ2) is 8.60. The van der Waals surface area contributed by atoms with Crippen molar-refractivity contribution in [2.24, 2.45) is 0 Å². The summed E-state index contributed by atoms with van der Waals surface area (Å²) in [7, 11) is -3.59. The minimum absolute atomic E-state index is 0.103. The number of thioether (sulfide) groups is 1. The lowest BCUT2D eigenvalue weighted by Gasteiger charge is -2.26. The largest absolute Gasteiger partial charge is 0.379 e. The predicted molar refractivity (Wildman–Crippen MR) is 124 cm³/mol. The number of ether oxygens (including phenoxy) is 1. The summed E-state index contributed by atoms with van der Waals surface area (Å²) < 4.78 is 36.3. The van der Waals surface area contributed by atoms with Crippen molar-refractivity contribution in [3.8, 4) is 0 Å². The minimum atomic E-state index is -3.59. The Morgan fingerprint density at radius 3 is 2.78 bits per heavy atom. The Balaban J connectivity index is 1.44. The second-order valence-electron chi connectivity index (χ2n) is 7.24. The highest BCUT2D eigenvalue weighted by Gasteiger charge is 2.27. The van der Waals surface area contributed by atoms with Gasteiger partial charge in [-0.1, -0.05) is 11.8 Å². The van der Waals surface area contributed by atoms with Crippen LogP contribution in [0.2, 0.25) is 0 Å². The average Bonchev–Trinajstić information content (AvgIpc) is 3.42. The number of benzene rings is 1. The molecule has 1 aliphatic rings. The molecule has 4 aromatic rings. The molecule has 5 rings (SSSR count). The Kier molecular flexibility index (Phi) is 5.80. The van der Waals surface area contributed by atoms with Gasteiger partial charge in [-0.2, -0.15) is 4.31 Å². The lowest BCUT2D eigenvalue weighted by molar-refractivity contribution is 0.0730. The van der Waals surface area contributed by atoms with Crippen molar-refractivity contribution < 1.29 is 13.2 Å². The molecule has 0 radical (unpaired) electrons. The first-order valence-electron chi connectivity index (χ1n) is 10.1. The molecule has 1 aliphatic heterocycles. The van der Waals surface area contributed by atoms with Gasteiger partial charge in [0.2, 0.25) is 10.0 Å². The molecule has 9 nitrogen and oxygen atoms in total. The molecule has 1 saturated heterocycles. The molecule has 12 heteroatoms. The maximum absolute atomic E-state index is 13.0. The Hall–Kier alpha value is -2.25. The van der Waals surface area contributed by atoms with Crippen molar-refractivity contribution in [2.75, 3.05) is 26.3 Å². The molecule has 0 unspecified atom stereocenters. The van der Waals surface area contributed by atoms with Crippen LogP contribution in [0.15, 0.2) is 50.7 Å². The number of thiazole rings is 1. The molecule has 3 aromatic heterocycles. The summed E-state index contributed by atoms with van der Waals surface area (Å²) in [6, 6.07) is 6.63. The highest BCUT2D eigenvalue weighted by atomic mass is 32.2. The van der Waals surface area contributed by atoms with Crippen molar-refractivity contribution >= 4 is 49.1 Å². The number of nitrogens with zero attached hydrogens (tertiary/aromatic N) is 5. The van der Waals surface area contributed by atoms with Crippen LogP contribution in [0.25, 0.3) is 16.0 Å². The van der Waals surface area contributed by atoms with E-state index < -0.39 is 10.0 Å². The predicted octanol–water partition coefficient (Wildman–Crippen LogP) is 2.44. The zero-order chi connectivity index (χ0) is 22.3. The van der Waals surface area contributed by atoms with Crippen LogP contribution in [-0.2, 0) is 27.1 Å². The monoisotopic (exact) mass is 491 g/mol. The Labute approximate surface area is 192 Å². The Bertz CT molecular complexity index is 1450. The SMILES string of the molecule is CCn1c(SCc2cc(=O)n3ccsc3n2)nc2cc(S(=O)(=O)N3CCOCC3)ccc21. The fourth-order valence-electron chi connectivity index (χ4n) is 3.70. The summed E-state index contributed by atoms with van der Waals surface area (Å²) in [6.45, 7) is 4.22. The summed E-state index contributed by atoms with van der Waals surface area (Å²) in [6.07, 6.45) is 1.71. The highest BCUT2D eigenvalue weighted by Crippen LogP contribution is 2.29. The molecule has 0 aliphatic carbocycles. The van der Waals surface area contributed by atoms with Gasteiger partial charge in [-0.15, -0.1) is 11.3 Å². The third-order valence-corrected chi connectivity index (χ3v) is 8.98. The summed E-state index contributed by atoms with van der Waals surface area (Å²) in [5.74, 6) is 0.492. The number of sulfonamides is 1. The van der Waals surface area contributed by atoms with Crippen LogP contribution in [0, 0.1) is 0 Å². The fourth-order valence-corrected chi connectivity index (χ4v) is 6.84. The molecule has 0 spiro atoms. The van der Waals surface area contributed by atoms with E-state index in [1.807, 2.05) is 22.9 Å². The van der Waals surface area contributed by atoms with Gasteiger partial charge in [0.25, 0.3) is 5.56 Å². The summed E-state index contributed by atoms with van der Waals surface area (Å²) in [5.41, 5.74) is 2.09. The third kappa shape index (κ3) is 3.86. The molecule has 1 fully saturated rings. The van der Waals surface area contributed by atoms with Gasteiger partial charge in [0.05, 0.1) is 34.8 Å². The van der Waals surface area contributed by atoms with Crippen molar-refractivity contribution in [3.63, 3.8) is 0 Å². The number of hydrogen-bond donors (Lipinski definition) is 0. The first kappa shape index (κ1) is 21.6. The molecule has 4 heterocycles. The van der Waals surface area contributed by atoms with E-state index in [9.17, 15) is 13.2 Å². The summed E-state index contributed by atoms with van der Waals surface area (Å²) in [5, 5.41) is 2.59. The van der Waals surface area contributed by atoms with E-state index >= 15 is 0 Å². The van der Waals surface area contributed by atoms with Gasteiger partial charge in [-0.3, -0.25) is 9.20 Å². The molecule has 0 amide bonds. The number of hydrogen-bond acceptors (Lipinski definition) is 8. The van der Waals surface area contributed by atoms with Crippen LogP contribution >= 0.6 is 23.1 Å². The topological polar surface area (TPSA) is 98.8 Å². The summed E-state index contributed by atoms with van der Waals surface area (Å²) in [4.78, 5) is 22.4. The van der Waals surface area contributed by atoms with Crippen molar-refractivity contribution in [1.29, 1.82) is 0 Å². The van der Waals surface area contributed by atoms with E-state index in [-0.39, 0.29) is 10.5 Å². The molecule has 0 saturated carbocycles. The number of imidazole rings is 1. The van der Waals surface area contributed by atoms with Gasteiger partial charge in [0.15, 0.2) is 10.1 Å². The molecule has 0 atom stereocenters. The van der Waals surface area contributed by atoms with Crippen LogP contribution in [0.5, 0.6) is 0 Å². The highest BCUT2D eigenvalue weighted by molar-refractivity contribution is 7.98. The van der Waals surface area contributed by atoms with Gasteiger partial charge >= 0.3 is 0 Å². The number of morpholine rings is 1. The smallest absolute Gasteiger partial charge is 0.258 e. The third-order valence-electron chi connectivity index (χ3n) is 5.31. The quantitative estimate of drug-likeness (QED) is 0.382.